The maximum atomic E-state index is 8.91. The van der Waals surface area contributed by atoms with Gasteiger partial charge in [0.15, 0.2) is 0 Å². The highest BCUT2D eigenvalue weighted by atomic mass is 16.5. The topological polar surface area (TPSA) is 62.3 Å². The second-order valence-corrected chi connectivity index (χ2v) is 4.77. The van der Waals surface area contributed by atoms with E-state index in [2.05, 4.69) is 11.0 Å². The number of nitriles is 1. The molecule has 0 aromatic heterocycles. The summed E-state index contributed by atoms with van der Waals surface area (Å²) in [4.78, 5) is 2.33. The standard InChI is InChI=1S/C11H21N3O/c1-11(2,9-13)3-4-14-5-6-15-10(7-12)8-14/h10H,3-8,12H2,1-2H3. The lowest BCUT2D eigenvalue weighted by atomic mass is 9.91. The predicted molar refractivity (Wildman–Crippen MR) is 59.2 cm³/mol. The van der Waals surface area contributed by atoms with Crippen LogP contribution in [0.2, 0.25) is 0 Å². The molecule has 1 aliphatic heterocycles. The van der Waals surface area contributed by atoms with Crippen molar-refractivity contribution in [1.82, 2.24) is 4.90 Å². The van der Waals surface area contributed by atoms with Crippen molar-refractivity contribution in [2.24, 2.45) is 11.1 Å². The molecule has 2 N–H and O–H groups in total. The first kappa shape index (κ1) is 12.4. The molecule has 4 heteroatoms. The fourth-order valence-electron chi connectivity index (χ4n) is 1.62. The Hall–Kier alpha value is -0.630. The highest BCUT2D eigenvalue weighted by Gasteiger charge is 2.22. The Bertz CT molecular complexity index is 234. The number of nitrogens with two attached hydrogens (primary N) is 1. The SMILES string of the molecule is CC(C)(C#N)CCN1CCOC(CN)C1. The van der Waals surface area contributed by atoms with E-state index in [9.17, 15) is 0 Å². The Labute approximate surface area is 92.0 Å². The largest absolute Gasteiger partial charge is 0.374 e. The van der Waals surface area contributed by atoms with E-state index in [-0.39, 0.29) is 11.5 Å². The summed E-state index contributed by atoms with van der Waals surface area (Å²) in [6, 6.07) is 2.32. The minimum Gasteiger partial charge on any atom is -0.374 e. The third kappa shape index (κ3) is 4.17. The van der Waals surface area contributed by atoms with Crippen molar-refractivity contribution in [2.75, 3.05) is 32.8 Å². The Morgan fingerprint density at radius 3 is 2.93 bits per heavy atom. The van der Waals surface area contributed by atoms with Crippen LogP contribution >= 0.6 is 0 Å². The molecule has 1 atom stereocenters. The van der Waals surface area contributed by atoms with E-state index >= 15 is 0 Å². The van der Waals surface area contributed by atoms with E-state index < -0.39 is 0 Å². The van der Waals surface area contributed by atoms with Crippen LogP contribution in [0.4, 0.5) is 0 Å². The highest BCUT2D eigenvalue weighted by molar-refractivity contribution is 4.92. The van der Waals surface area contributed by atoms with Crippen LogP contribution < -0.4 is 5.73 Å². The molecule has 0 aromatic rings. The lowest BCUT2D eigenvalue weighted by Gasteiger charge is -2.33. The monoisotopic (exact) mass is 211 g/mol. The van der Waals surface area contributed by atoms with Gasteiger partial charge in [-0.3, -0.25) is 4.90 Å². The summed E-state index contributed by atoms with van der Waals surface area (Å²) < 4.78 is 5.48. The van der Waals surface area contributed by atoms with E-state index in [1.54, 1.807) is 0 Å². The maximum Gasteiger partial charge on any atom is 0.0824 e. The Balaban J connectivity index is 2.30. The number of nitrogens with zero attached hydrogens (tertiary/aromatic N) is 2. The van der Waals surface area contributed by atoms with E-state index in [0.717, 1.165) is 32.7 Å². The molecule has 0 spiro atoms. The molecular formula is C11H21N3O. The number of ether oxygens (including phenoxy) is 1. The molecule has 0 bridgehead atoms. The zero-order valence-electron chi connectivity index (χ0n) is 9.70. The summed E-state index contributed by atoms with van der Waals surface area (Å²) in [5.74, 6) is 0. The second-order valence-electron chi connectivity index (χ2n) is 4.77. The van der Waals surface area contributed by atoms with Crippen molar-refractivity contribution in [3.05, 3.63) is 0 Å². The third-order valence-electron chi connectivity index (χ3n) is 2.84. The van der Waals surface area contributed by atoms with E-state index in [0.29, 0.717) is 6.54 Å². The molecule has 1 aliphatic rings. The Morgan fingerprint density at radius 2 is 2.33 bits per heavy atom. The van der Waals surface area contributed by atoms with Crippen LogP contribution in [0.15, 0.2) is 0 Å². The molecule has 1 fully saturated rings. The fourth-order valence-corrected chi connectivity index (χ4v) is 1.62. The van der Waals surface area contributed by atoms with Crippen LogP contribution in [-0.4, -0.2) is 43.8 Å². The molecule has 4 nitrogen and oxygen atoms in total. The molecule has 0 radical (unpaired) electrons. The Kier molecular flexibility index (Phi) is 4.52. The van der Waals surface area contributed by atoms with Crippen molar-refractivity contribution in [3.63, 3.8) is 0 Å². The first-order valence-electron chi connectivity index (χ1n) is 5.52. The average Bonchev–Trinajstić information content (AvgIpc) is 2.27. The van der Waals surface area contributed by atoms with Gasteiger partial charge in [-0.1, -0.05) is 0 Å². The molecule has 0 amide bonds. The van der Waals surface area contributed by atoms with Crippen LogP contribution in [0, 0.1) is 16.7 Å². The molecular weight excluding hydrogens is 190 g/mol. The number of hydrogen-bond donors (Lipinski definition) is 1. The van der Waals surface area contributed by atoms with Crippen LogP contribution in [0.3, 0.4) is 0 Å². The average molecular weight is 211 g/mol. The van der Waals surface area contributed by atoms with Gasteiger partial charge in [-0.25, -0.2) is 0 Å². The summed E-state index contributed by atoms with van der Waals surface area (Å²) >= 11 is 0. The normalized spacial score (nSPS) is 23.7. The summed E-state index contributed by atoms with van der Waals surface area (Å²) in [5, 5.41) is 8.91. The van der Waals surface area contributed by atoms with Gasteiger partial charge in [0.25, 0.3) is 0 Å². The van der Waals surface area contributed by atoms with Crippen LogP contribution in [0.25, 0.3) is 0 Å². The minimum atomic E-state index is -0.226. The van der Waals surface area contributed by atoms with E-state index in [1.807, 2.05) is 13.8 Å². The molecule has 1 rings (SSSR count). The second kappa shape index (κ2) is 5.45. The Morgan fingerprint density at radius 1 is 1.60 bits per heavy atom. The number of rotatable bonds is 4. The summed E-state index contributed by atoms with van der Waals surface area (Å²) in [7, 11) is 0. The van der Waals surface area contributed by atoms with Gasteiger partial charge in [-0.15, -0.1) is 0 Å². The van der Waals surface area contributed by atoms with Gasteiger partial charge in [0.2, 0.25) is 0 Å². The van der Waals surface area contributed by atoms with Gasteiger partial charge < -0.3 is 10.5 Å². The van der Waals surface area contributed by atoms with Gasteiger partial charge in [0, 0.05) is 19.6 Å². The van der Waals surface area contributed by atoms with Gasteiger partial charge in [0.05, 0.1) is 24.2 Å². The molecule has 15 heavy (non-hydrogen) atoms. The molecule has 0 aromatic carbocycles. The summed E-state index contributed by atoms with van der Waals surface area (Å²) in [5.41, 5.74) is 5.34. The zero-order chi connectivity index (χ0) is 11.3. The van der Waals surface area contributed by atoms with Crippen molar-refractivity contribution in [1.29, 1.82) is 5.26 Å². The first-order chi connectivity index (χ1) is 7.07. The molecule has 1 saturated heterocycles. The maximum absolute atomic E-state index is 8.91. The van der Waals surface area contributed by atoms with Crippen molar-refractivity contribution in [3.8, 4) is 6.07 Å². The van der Waals surface area contributed by atoms with Crippen LogP contribution in [-0.2, 0) is 4.74 Å². The summed E-state index contributed by atoms with van der Waals surface area (Å²) in [6.45, 7) is 8.12. The number of hydrogen-bond acceptors (Lipinski definition) is 4. The minimum absolute atomic E-state index is 0.170. The van der Waals surface area contributed by atoms with Crippen LogP contribution in [0.1, 0.15) is 20.3 Å². The van der Waals surface area contributed by atoms with Crippen molar-refractivity contribution in [2.45, 2.75) is 26.4 Å². The predicted octanol–water partition coefficient (Wildman–Crippen LogP) is 0.586. The van der Waals surface area contributed by atoms with Gasteiger partial charge in [0.1, 0.15) is 0 Å². The molecule has 1 heterocycles. The number of morpholine rings is 1. The molecule has 0 aliphatic carbocycles. The van der Waals surface area contributed by atoms with E-state index in [4.69, 9.17) is 15.7 Å². The third-order valence-corrected chi connectivity index (χ3v) is 2.84. The van der Waals surface area contributed by atoms with Gasteiger partial charge in [-0.2, -0.15) is 5.26 Å². The van der Waals surface area contributed by atoms with Crippen molar-refractivity contribution >= 4 is 0 Å². The molecule has 1 unspecified atom stereocenters. The molecule has 0 saturated carbocycles. The van der Waals surface area contributed by atoms with Crippen molar-refractivity contribution < 1.29 is 4.74 Å². The van der Waals surface area contributed by atoms with Gasteiger partial charge >= 0.3 is 0 Å². The van der Waals surface area contributed by atoms with Gasteiger partial charge in [-0.05, 0) is 26.8 Å². The quantitative estimate of drug-likeness (QED) is 0.739. The first-order valence-corrected chi connectivity index (χ1v) is 5.52. The van der Waals surface area contributed by atoms with Crippen LogP contribution in [0.5, 0.6) is 0 Å². The fraction of sp³-hybridized carbons (Fsp3) is 0.909. The van der Waals surface area contributed by atoms with E-state index in [1.165, 1.54) is 0 Å². The smallest absolute Gasteiger partial charge is 0.0824 e. The summed E-state index contributed by atoms with van der Waals surface area (Å²) in [6.07, 6.45) is 1.07. The lowest BCUT2D eigenvalue weighted by molar-refractivity contribution is -0.0250. The molecule has 86 valence electrons. The lowest BCUT2D eigenvalue weighted by Crippen LogP contribution is -2.46. The zero-order valence-corrected chi connectivity index (χ0v) is 9.70. The highest BCUT2D eigenvalue weighted by Crippen LogP contribution is 2.19.